The molecule has 1 heterocycles. The molecule has 1 aliphatic heterocycles. The molecule has 102 valence electrons. The number of hydrogen-bond donors (Lipinski definition) is 3. The maximum absolute atomic E-state index is 11.9. The van der Waals surface area contributed by atoms with Crippen LogP contribution in [0.25, 0.3) is 0 Å². The number of primary amides is 1. The predicted octanol–water partition coefficient (Wildman–Crippen LogP) is -0.209. The van der Waals surface area contributed by atoms with E-state index in [9.17, 15) is 14.7 Å². The van der Waals surface area contributed by atoms with Crippen LogP contribution in [0, 0.1) is 0 Å². The van der Waals surface area contributed by atoms with Gasteiger partial charge in [0.1, 0.15) is 0 Å². The third-order valence-corrected chi connectivity index (χ3v) is 3.08. The number of likely N-dealkylation sites (tertiary alicyclic amines) is 1. The van der Waals surface area contributed by atoms with Crippen molar-refractivity contribution in [2.24, 2.45) is 5.73 Å². The lowest BCUT2D eigenvalue weighted by Gasteiger charge is -2.15. The van der Waals surface area contributed by atoms with E-state index in [2.05, 4.69) is 5.32 Å². The molecule has 19 heavy (non-hydrogen) atoms. The van der Waals surface area contributed by atoms with Crippen LogP contribution in [0.15, 0.2) is 24.3 Å². The van der Waals surface area contributed by atoms with E-state index in [1.54, 1.807) is 24.3 Å². The number of anilines is 1. The van der Waals surface area contributed by atoms with Gasteiger partial charge in [0, 0.05) is 13.1 Å². The van der Waals surface area contributed by atoms with E-state index >= 15 is 0 Å². The number of aliphatic hydroxyl groups is 1. The molecule has 2 amide bonds. The van der Waals surface area contributed by atoms with Gasteiger partial charge in [0.25, 0.3) is 5.91 Å². The molecule has 0 bridgehead atoms. The van der Waals surface area contributed by atoms with Gasteiger partial charge in [-0.3, -0.25) is 14.5 Å². The van der Waals surface area contributed by atoms with Crippen LogP contribution in [0.4, 0.5) is 5.69 Å². The van der Waals surface area contributed by atoms with Gasteiger partial charge in [-0.1, -0.05) is 12.1 Å². The van der Waals surface area contributed by atoms with Gasteiger partial charge in [0.05, 0.1) is 23.9 Å². The molecule has 0 saturated carbocycles. The maximum Gasteiger partial charge on any atom is 0.250 e. The van der Waals surface area contributed by atoms with E-state index in [-0.39, 0.29) is 24.1 Å². The molecule has 2 rings (SSSR count). The zero-order valence-electron chi connectivity index (χ0n) is 10.5. The molecule has 0 aromatic heterocycles. The van der Waals surface area contributed by atoms with Crippen molar-refractivity contribution in [3.63, 3.8) is 0 Å². The number of aliphatic hydroxyl groups excluding tert-OH is 1. The molecule has 0 aliphatic carbocycles. The second-order valence-corrected chi connectivity index (χ2v) is 4.64. The van der Waals surface area contributed by atoms with Gasteiger partial charge in [-0.05, 0) is 18.6 Å². The first-order valence-corrected chi connectivity index (χ1v) is 6.15. The molecule has 1 aromatic rings. The number of hydrogen-bond acceptors (Lipinski definition) is 4. The van der Waals surface area contributed by atoms with Gasteiger partial charge in [-0.25, -0.2) is 0 Å². The Morgan fingerprint density at radius 1 is 1.42 bits per heavy atom. The van der Waals surface area contributed by atoms with E-state index in [4.69, 9.17) is 5.73 Å². The Kier molecular flexibility index (Phi) is 4.13. The van der Waals surface area contributed by atoms with Crippen LogP contribution in [0.5, 0.6) is 0 Å². The largest absolute Gasteiger partial charge is 0.392 e. The van der Waals surface area contributed by atoms with Crippen molar-refractivity contribution in [2.75, 3.05) is 25.0 Å². The van der Waals surface area contributed by atoms with Gasteiger partial charge in [-0.2, -0.15) is 0 Å². The summed E-state index contributed by atoms with van der Waals surface area (Å²) in [7, 11) is 0. The first kappa shape index (κ1) is 13.5. The van der Waals surface area contributed by atoms with Crippen LogP contribution >= 0.6 is 0 Å². The lowest BCUT2D eigenvalue weighted by atomic mass is 10.1. The lowest BCUT2D eigenvalue weighted by molar-refractivity contribution is -0.117. The summed E-state index contributed by atoms with van der Waals surface area (Å²) in [4.78, 5) is 24.9. The summed E-state index contributed by atoms with van der Waals surface area (Å²) in [5.41, 5.74) is 5.94. The van der Waals surface area contributed by atoms with Crippen molar-refractivity contribution in [1.29, 1.82) is 0 Å². The molecule has 6 heteroatoms. The maximum atomic E-state index is 11.9. The van der Waals surface area contributed by atoms with E-state index in [0.717, 1.165) is 0 Å². The quantitative estimate of drug-likeness (QED) is 0.700. The molecule has 1 saturated heterocycles. The summed E-state index contributed by atoms with van der Waals surface area (Å²) in [6, 6.07) is 6.61. The fraction of sp³-hybridized carbons (Fsp3) is 0.385. The molecule has 0 unspecified atom stereocenters. The molecule has 4 N–H and O–H groups in total. The molecule has 0 radical (unpaired) electrons. The molecule has 1 aromatic carbocycles. The summed E-state index contributed by atoms with van der Waals surface area (Å²) < 4.78 is 0. The Balaban J connectivity index is 1.97. The number of amides is 2. The van der Waals surface area contributed by atoms with Crippen molar-refractivity contribution < 1.29 is 14.7 Å². The average molecular weight is 263 g/mol. The van der Waals surface area contributed by atoms with Crippen molar-refractivity contribution in [1.82, 2.24) is 4.90 Å². The first-order chi connectivity index (χ1) is 9.06. The number of nitrogens with one attached hydrogen (secondary N) is 1. The minimum Gasteiger partial charge on any atom is -0.392 e. The number of nitrogens with two attached hydrogens (primary N) is 1. The Morgan fingerprint density at radius 3 is 2.79 bits per heavy atom. The van der Waals surface area contributed by atoms with Crippen LogP contribution in [0.1, 0.15) is 16.8 Å². The minimum atomic E-state index is -0.576. The highest BCUT2D eigenvalue weighted by atomic mass is 16.3. The SMILES string of the molecule is NC(=O)c1ccccc1NC(=O)CN1CC[C@H](O)C1. The summed E-state index contributed by atoms with van der Waals surface area (Å²) in [6.07, 6.45) is 0.330. The fourth-order valence-electron chi connectivity index (χ4n) is 2.16. The summed E-state index contributed by atoms with van der Waals surface area (Å²) in [6.45, 7) is 1.40. The van der Waals surface area contributed by atoms with Gasteiger partial charge in [0.15, 0.2) is 0 Å². The molecule has 1 fully saturated rings. The average Bonchev–Trinajstić information content (AvgIpc) is 2.75. The van der Waals surface area contributed by atoms with Gasteiger partial charge in [0.2, 0.25) is 5.91 Å². The van der Waals surface area contributed by atoms with E-state index in [1.165, 1.54) is 0 Å². The lowest BCUT2D eigenvalue weighted by Crippen LogP contribution is -2.32. The van der Waals surface area contributed by atoms with Crippen molar-refractivity contribution in [2.45, 2.75) is 12.5 Å². The van der Waals surface area contributed by atoms with Gasteiger partial charge >= 0.3 is 0 Å². The summed E-state index contributed by atoms with van der Waals surface area (Å²) in [5.74, 6) is -0.796. The molecule has 0 spiro atoms. The van der Waals surface area contributed by atoms with Gasteiger partial charge < -0.3 is 16.2 Å². The smallest absolute Gasteiger partial charge is 0.250 e. The Morgan fingerprint density at radius 2 is 2.16 bits per heavy atom. The standard InChI is InChI=1S/C13H17N3O3/c14-13(19)10-3-1-2-4-11(10)15-12(18)8-16-6-5-9(17)7-16/h1-4,9,17H,5-8H2,(H2,14,19)(H,15,18)/t9-/m0/s1. The summed E-state index contributed by atoms with van der Waals surface area (Å²) in [5, 5.41) is 12.1. The number of rotatable bonds is 4. The highest BCUT2D eigenvalue weighted by Gasteiger charge is 2.22. The monoisotopic (exact) mass is 263 g/mol. The van der Waals surface area contributed by atoms with Crippen molar-refractivity contribution in [3.8, 4) is 0 Å². The summed E-state index contributed by atoms with van der Waals surface area (Å²) >= 11 is 0. The second-order valence-electron chi connectivity index (χ2n) is 4.64. The van der Waals surface area contributed by atoms with E-state index in [1.807, 2.05) is 4.90 Å². The second kappa shape index (κ2) is 5.81. The van der Waals surface area contributed by atoms with E-state index < -0.39 is 5.91 Å². The third kappa shape index (κ3) is 3.52. The number of carbonyl (C=O) groups is 2. The normalized spacial score (nSPS) is 19.3. The van der Waals surface area contributed by atoms with Crippen LogP contribution in [0.3, 0.4) is 0 Å². The highest BCUT2D eigenvalue weighted by molar-refractivity contribution is 6.03. The molecular weight excluding hydrogens is 246 g/mol. The number of carbonyl (C=O) groups excluding carboxylic acids is 2. The number of nitrogens with zero attached hydrogens (tertiary/aromatic N) is 1. The number of β-amino-alcohol motifs (C(OH)–C–C–N with tert-alkyl or cyclic N) is 1. The fourth-order valence-corrected chi connectivity index (χ4v) is 2.16. The number of benzene rings is 1. The Bertz CT molecular complexity index is 490. The Hall–Kier alpha value is -1.92. The number of para-hydroxylation sites is 1. The minimum absolute atomic E-state index is 0.199. The van der Waals surface area contributed by atoms with Crippen LogP contribution < -0.4 is 11.1 Å². The zero-order chi connectivity index (χ0) is 13.8. The molecular formula is C13H17N3O3. The predicted molar refractivity (Wildman–Crippen MR) is 70.7 cm³/mol. The molecule has 1 atom stereocenters. The van der Waals surface area contributed by atoms with E-state index in [0.29, 0.717) is 25.2 Å². The van der Waals surface area contributed by atoms with Gasteiger partial charge in [-0.15, -0.1) is 0 Å². The van der Waals surface area contributed by atoms with Crippen LogP contribution in [-0.4, -0.2) is 47.6 Å². The molecule has 1 aliphatic rings. The Labute approximate surface area is 111 Å². The third-order valence-electron chi connectivity index (χ3n) is 3.08. The van der Waals surface area contributed by atoms with Crippen molar-refractivity contribution in [3.05, 3.63) is 29.8 Å². The van der Waals surface area contributed by atoms with Crippen LogP contribution in [-0.2, 0) is 4.79 Å². The van der Waals surface area contributed by atoms with Crippen LogP contribution in [0.2, 0.25) is 0 Å². The first-order valence-electron chi connectivity index (χ1n) is 6.15. The topological polar surface area (TPSA) is 95.7 Å². The van der Waals surface area contributed by atoms with Crippen molar-refractivity contribution >= 4 is 17.5 Å². The zero-order valence-corrected chi connectivity index (χ0v) is 10.5. The highest BCUT2D eigenvalue weighted by Crippen LogP contribution is 2.15. The molecule has 6 nitrogen and oxygen atoms in total.